The Kier molecular flexibility index (Phi) is 4.22. The van der Waals surface area contributed by atoms with Crippen LogP contribution in [0.1, 0.15) is 41.4 Å². The van der Waals surface area contributed by atoms with Crippen molar-refractivity contribution in [1.29, 1.82) is 5.26 Å². The van der Waals surface area contributed by atoms with Gasteiger partial charge in [0, 0.05) is 31.5 Å². The maximum absolute atomic E-state index is 12.5. The van der Waals surface area contributed by atoms with Crippen LogP contribution in [0, 0.1) is 16.7 Å². The van der Waals surface area contributed by atoms with Gasteiger partial charge in [-0.15, -0.1) is 11.3 Å². The molecule has 22 heavy (non-hydrogen) atoms. The number of piperidine rings is 1. The van der Waals surface area contributed by atoms with Gasteiger partial charge < -0.3 is 14.7 Å². The first kappa shape index (κ1) is 15.5. The Balaban J connectivity index is 1.67. The van der Waals surface area contributed by atoms with Crippen LogP contribution in [-0.4, -0.2) is 47.8 Å². The van der Waals surface area contributed by atoms with Gasteiger partial charge in [-0.05, 0) is 31.2 Å². The maximum atomic E-state index is 12.5. The van der Waals surface area contributed by atoms with Crippen molar-refractivity contribution >= 4 is 17.2 Å². The van der Waals surface area contributed by atoms with Gasteiger partial charge in [-0.25, -0.2) is 0 Å². The number of amides is 1. The van der Waals surface area contributed by atoms with E-state index in [1.54, 1.807) is 16.3 Å². The number of carbonyl (C=O) groups is 1. The molecular weight excluding hydrogens is 300 g/mol. The normalized spacial score (nSPS) is 26.5. The number of likely N-dealkylation sites (tertiary alicyclic amines) is 1. The molecule has 2 aliphatic rings. The van der Waals surface area contributed by atoms with Crippen molar-refractivity contribution in [3.8, 4) is 6.07 Å². The largest absolute Gasteiger partial charge is 0.392 e. The zero-order chi connectivity index (χ0) is 15.7. The second kappa shape index (κ2) is 5.99. The topological polar surface area (TPSA) is 73.6 Å². The number of ether oxygens (including phenoxy) is 1. The Morgan fingerprint density at radius 3 is 2.91 bits per heavy atom. The van der Waals surface area contributed by atoms with Gasteiger partial charge in [-0.1, -0.05) is 0 Å². The molecule has 0 aromatic carbocycles. The highest BCUT2D eigenvalue weighted by Gasteiger charge is 2.56. The van der Waals surface area contributed by atoms with Crippen LogP contribution in [0.5, 0.6) is 0 Å². The Morgan fingerprint density at radius 2 is 2.32 bits per heavy atom. The molecule has 1 spiro atoms. The second-order valence-corrected chi connectivity index (χ2v) is 6.91. The van der Waals surface area contributed by atoms with Gasteiger partial charge in [0.1, 0.15) is 10.9 Å². The number of carbonyl (C=O) groups excluding carboxylic acids is 1. The van der Waals surface area contributed by atoms with E-state index in [-0.39, 0.29) is 23.5 Å². The minimum absolute atomic E-state index is 0.0665. The number of nitrogens with zero attached hydrogens (tertiary/aromatic N) is 2. The first-order valence-corrected chi connectivity index (χ1v) is 8.57. The molecule has 1 aromatic heterocycles. The highest BCUT2D eigenvalue weighted by Crippen LogP contribution is 2.51. The van der Waals surface area contributed by atoms with Crippen molar-refractivity contribution in [2.24, 2.45) is 5.41 Å². The van der Waals surface area contributed by atoms with Crippen LogP contribution < -0.4 is 0 Å². The SMILES string of the molecule is CCO[C@@H]1C[C@H](O)C12CCN(C(=O)c1sccc1C#N)CC2. The third-order valence-electron chi connectivity index (χ3n) is 5.07. The van der Waals surface area contributed by atoms with Gasteiger partial charge in [-0.2, -0.15) is 5.26 Å². The summed E-state index contributed by atoms with van der Waals surface area (Å²) in [5, 5.41) is 21.0. The predicted molar refractivity (Wildman–Crippen MR) is 82.6 cm³/mol. The average Bonchev–Trinajstić information content (AvgIpc) is 3.03. The highest BCUT2D eigenvalue weighted by molar-refractivity contribution is 7.12. The van der Waals surface area contributed by atoms with Crippen LogP contribution in [0.3, 0.4) is 0 Å². The molecule has 0 bridgehead atoms. The summed E-state index contributed by atoms with van der Waals surface area (Å²) in [6, 6.07) is 3.75. The van der Waals surface area contributed by atoms with E-state index >= 15 is 0 Å². The molecule has 1 aromatic rings. The van der Waals surface area contributed by atoms with E-state index in [0.29, 0.717) is 36.6 Å². The molecule has 1 saturated carbocycles. The van der Waals surface area contributed by atoms with Crippen LogP contribution in [0.15, 0.2) is 11.4 Å². The number of thiophene rings is 1. The fourth-order valence-electron chi connectivity index (χ4n) is 3.65. The lowest BCUT2D eigenvalue weighted by molar-refractivity contribution is -0.207. The summed E-state index contributed by atoms with van der Waals surface area (Å²) in [5.41, 5.74) is 0.270. The van der Waals surface area contributed by atoms with Crippen LogP contribution in [0.25, 0.3) is 0 Å². The fourth-order valence-corrected chi connectivity index (χ4v) is 4.46. The fraction of sp³-hybridized carbons (Fsp3) is 0.625. The summed E-state index contributed by atoms with van der Waals surface area (Å²) < 4.78 is 5.74. The van der Waals surface area contributed by atoms with Gasteiger partial charge in [0.2, 0.25) is 0 Å². The molecule has 2 atom stereocenters. The molecule has 3 rings (SSSR count). The predicted octanol–water partition coefficient (Wildman–Crippen LogP) is 2.01. The third kappa shape index (κ3) is 2.34. The standard InChI is InChI=1S/C16H20N2O3S/c1-2-21-13-9-12(19)16(13)4-6-18(7-5-16)15(20)14-11(10-17)3-8-22-14/h3,8,12-13,19H,2,4-7,9H2,1H3/t12-,13+/m0/s1. The minimum Gasteiger partial charge on any atom is -0.392 e. The molecule has 118 valence electrons. The third-order valence-corrected chi connectivity index (χ3v) is 5.97. The number of hydrogen-bond acceptors (Lipinski definition) is 5. The van der Waals surface area contributed by atoms with Gasteiger partial charge in [0.05, 0.1) is 17.8 Å². The zero-order valence-electron chi connectivity index (χ0n) is 12.6. The number of hydrogen-bond donors (Lipinski definition) is 1. The van der Waals surface area contributed by atoms with E-state index < -0.39 is 0 Å². The molecule has 2 fully saturated rings. The van der Waals surface area contributed by atoms with Crippen molar-refractivity contribution in [1.82, 2.24) is 4.90 Å². The molecular formula is C16H20N2O3S. The summed E-state index contributed by atoms with van der Waals surface area (Å²) in [6.45, 7) is 3.85. The summed E-state index contributed by atoms with van der Waals surface area (Å²) in [5.74, 6) is -0.0665. The highest BCUT2D eigenvalue weighted by atomic mass is 32.1. The van der Waals surface area contributed by atoms with Gasteiger partial charge >= 0.3 is 0 Å². The molecule has 1 N–H and O–H groups in total. The minimum atomic E-state index is -0.322. The number of nitriles is 1. The van der Waals surface area contributed by atoms with Crippen molar-refractivity contribution in [3.05, 3.63) is 21.9 Å². The van der Waals surface area contributed by atoms with E-state index in [9.17, 15) is 9.90 Å². The van der Waals surface area contributed by atoms with Gasteiger partial charge in [-0.3, -0.25) is 4.79 Å². The quantitative estimate of drug-likeness (QED) is 0.924. The number of rotatable bonds is 3. The number of aliphatic hydroxyl groups excluding tert-OH is 1. The Labute approximate surface area is 134 Å². The van der Waals surface area contributed by atoms with Crippen molar-refractivity contribution in [3.63, 3.8) is 0 Å². The molecule has 0 radical (unpaired) electrons. The molecule has 1 aliphatic heterocycles. The van der Waals surface area contributed by atoms with E-state index in [2.05, 4.69) is 6.07 Å². The Bertz CT molecular complexity index is 597. The van der Waals surface area contributed by atoms with Crippen LogP contribution in [0.4, 0.5) is 0 Å². The molecule has 2 heterocycles. The van der Waals surface area contributed by atoms with E-state index in [4.69, 9.17) is 10.00 Å². The average molecular weight is 320 g/mol. The summed E-state index contributed by atoms with van der Waals surface area (Å²) in [7, 11) is 0. The van der Waals surface area contributed by atoms with Gasteiger partial charge in [0.15, 0.2) is 0 Å². The monoisotopic (exact) mass is 320 g/mol. The summed E-state index contributed by atoms with van der Waals surface area (Å²) >= 11 is 1.32. The maximum Gasteiger partial charge on any atom is 0.265 e. The van der Waals surface area contributed by atoms with Gasteiger partial charge in [0.25, 0.3) is 5.91 Å². The van der Waals surface area contributed by atoms with Crippen LogP contribution in [0.2, 0.25) is 0 Å². The lowest BCUT2D eigenvalue weighted by atomic mass is 9.58. The molecule has 6 heteroatoms. The van der Waals surface area contributed by atoms with Crippen LogP contribution in [-0.2, 0) is 4.74 Å². The lowest BCUT2D eigenvalue weighted by Crippen LogP contribution is -2.62. The van der Waals surface area contributed by atoms with Crippen molar-refractivity contribution < 1.29 is 14.6 Å². The molecule has 5 nitrogen and oxygen atoms in total. The van der Waals surface area contributed by atoms with Crippen molar-refractivity contribution in [2.45, 2.75) is 38.4 Å². The summed E-state index contributed by atoms with van der Waals surface area (Å²) in [6.07, 6.45) is 2.01. The first-order chi connectivity index (χ1) is 10.6. The smallest absolute Gasteiger partial charge is 0.265 e. The second-order valence-electron chi connectivity index (χ2n) is 6.00. The molecule has 1 saturated heterocycles. The molecule has 1 amide bonds. The lowest BCUT2D eigenvalue weighted by Gasteiger charge is -2.56. The molecule has 0 unspecified atom stereocenters. The first-order valence-electron chi connectivity index (χ1n) is 7.69. The summed E-state index contributed by atoms with van der Waals surface area (Å²) in [4.78, 5) is 14.9. The van der Waals surface area contributed by atoms with E-state index in [0.717, 1.165) is 12.8 Å². The van der Waals surface area contributed by atoms with Crippen LogP contribution >= 0.6 is 11.3 Å². The van der Waals surface area contributed by atoms with E-state index in [1.807, 2.05) is 6.92 Å². The molecule has 1 aliphatic carbocycles. The Hall–Kier alpha value is -1.42. The zero-order valence-corrected chi connectivity index (χ0v) is 13.4. The van der Waals surface area contributed by atoms with E-state index in [1.165, 1.54) is 11.3 Å². The van der Waals surface area contributed by atoms with Crippen molar-refractivity contribution in [2.75, 3.05) is 19.7 Å². The number of aliphatic hydroxyl groups is 1. The Morgan fingerprint density at radius 1 is 1.59 bits per heavy atom.